The molecule has 0 aromatic carbocycles. The van der Waals surface area contributed by atoms with E-state index in [1.54, 1.807) is 0 Å². The number of carbonyl (C=O) groups excluding carboxylic acids is 1. The van der Waals surface area contributed by atoms with Crippen molar-refractivity contribution in [2.45, 2.75) is 75.9 Å². The second-order valence-electron chi connectivity index (χ2n) is 6.67. The number of carboxylic acids is 1. The minimum absolute atomic E-state index is 0.226. The minimum atomic E-state index is -1.10. The molecule has 1 aliphatic heterocycles. The number of amides is 1. The van der Waals surface area contributed by atoms with Gasteiger partial charge in [0, 0.05) is 25.7 Å². The summed E-state index contributed by atoms with van der Waals surface area (Å²) in [7, 11) is 0. The van der Waals surface area contributed by atoms with Crippen molar-refractivity contribution in [1.82, 2.24) is 5.32 Å². The van der Waals surface area contributed by atoms with Gasteiger partial charge >= 0.3 is 5.97 Å². The van der Waals surface area contributed by atoms with Gasteiger partial charge in [0.05, 0.1) is 0 Å². The number of nitrogens with one attached hydrogen (secondary N) is 1. The molecule has 0 aromatic rings. The van der Waals surface area contributed by atoms with Crippen molar-refractivity contribution in [3.63, 3.8) is 0 Å². The summed E-state index contributed by atoms with van der Waals surface area (Å²) in [6, 6.07) is 0. The van der Waals surface area contributed by atoms with E-state index in [1.165, 1.54) is 0 Å². The van der Waals surface area contributed by atoms with Crippen LogP contribution in [0.5, 0.6) is 0 Å². The van der Waals surface area contributed by atoms with Gasteiger partial charge in [-0.3, -0.25) is 4.79 Å². The number of carboxylic acid groups (broad SMARTS) is 1. The molecule has 6 heteroatoms. The fourth-order valence-corrected chi connectivity index (χ4v) is 3.28. The summed E-state index contributed by atoms with van der Waals surface area (Å²) in [6.07, 6.45) is 10.9. The zero-order chi connectivity index (χ0) is 16.9. The molecule has 1 aliphatic carbocycles. The topological polar surface area (TPSA) is 91.1 Å². The van der Waals surface area contributed by atoms with Crippen molar-refractivity contribution in [3.05, 3.63) is 0 Å². The molecule has 0 aromatic heterocycles. The van der Waals surface area contributed by atoms with E-state index in [4.69, 9.17) is 6.42 Å². The van der Waals surface area contributed by atoms with Crippen molar-refractivity contribution in [2.75, 3.05) is 0 Å². The maximum atomic E-state index is 12.2. The summed E-state index contributed by atoms with van der Waals surface area (Å²) >= 11 is 0. The molecule has 0 saturated heterocycles. The van der Waals surface area contributed by atoms with Gasteiger partial charge in [-0.1, -0.05) is 13.3 Å². The van der Waals surface area contributed by atoms with Crippen LogP contribution in [0.3, 0.4) is 0 Å². The first-order valence-corrected chi connectivity index (χ1v) is 8.37. The van der Waals surface area contributed by atoms with Gasteiger partial charge in [-0.15, -0.1) is 12.3 Å². The highest BCUT2D eigenvalue weighted by Gasteiger charge is 2.44. The Labute approximate surface area is 137 Å². The van der Waals surface area contributed by atoms with Crippen molar-refractivity contribution < 1.29 is 14.7 Å². The zero-order valence-electron chi connectivity index (χ0n) is 13.7. The highest BCUT2D eigenvalue weighted by atomic mass is 16.4. The van der Waals surface area contributed by atoms with Crippen LogP contribution in [0, 0.1) is 18.3 Å². The second-order valence-corrected chi connectivity index (χ2v) is 6.67. The fourth-order valence-electron chi connectivity index (χ4n) is 3.28. The maximum Gasteiger partial charge on any atom is 0.329 e. The second kappa shape index (κ2) is 7.12. The number of hydrogen-bond acceptors (Lipinski definition) is 4. The van der Waals surface area contributed by atoms with Gasteiger partial charge in [-0.25, -0.2) is 4.79 Å². The molecule has 1 amide bonds. The van der Waals surface area contributed by atoms with E-state index in [2.05, 4.69) is 28.4 Å². The molecule has 6 nitrogen and oxygen atoms in total. The Morgan fingerprint density at radius 1 is 1.30 bits per heavy atom. The van der Waals surface area contributed by atoms with Crippen LogP contribution in [-0.2, 0) is 9.59 Å². The first kappa shape index (κ1) is 17.5. The average Bonchev–Trinajstić information content (AvgIpc) is 3.32. The smallest absolute Gasteiger partial charge is 0.329 e. The van der Waals surface area contributed by atoms with Crippen LogP contribution >= 0.6 is 0 Å². The summed E-state index contributed by atoms with van der Waals surface area (Å²) in [5, 5.41) is 20.3. The van der Waals surface area contributed by atoms with E-state index >= 15 is 0 Å². The van der Waals surface area contributed by atoms with E-state index < -0.39 is 17.2 Å². The molecule has 2 rings (SSSR count). The Hall–Kier alpha value is -1.90. The number of nitrogens with zero attached hydrogens (tertiary/aromatic N) is 2. The third-order valence-corrected chi connectivity index (χ3v) is 5.13. The molecular weight excluding hydrogens is 294 g/mol. The summed E-state index contributed by atoms with van der Waals surface area (Å²) in [4.78, 5) is 23.9. The Kier molecular flexibility index (Phi) is 5.40. The molecule has 23 heavy (non-hydrogen) atoms. The molecule has 0 spiro atoms. The Bertz CT molecular complexity index is 522. The van der Waals surface area contributed by atoms with E-state index in [-0.39, 0.29) is 12.3 Å². The minimum Gasteiger partial charge on any atom is -0.480 e. The summed E-state index contributed by atoms with van der Waals surface area (Å²) < 4.78 is 0. The average molecular weight is 319 g/mol. The predicted octanol–water partition coefficient (Wildman–Crippen LogP) is 2.88. The maximum absolute atomic E-state index is 12.2. The summed E-state index contributed by atoms with van der Waals surface area (Å²) in [5.74, 6) is 1.95. The molecule has 0 unspecified atom stereocenters. The summed E-state index contributed by atoms with van der Waals surface area (Å²) in [6.45, 7) is 2.12. The summed E-state index contributed by atoms with van der Waals surface area (Å²) in [5.41, 5.74) is -1.60. The third kappa shape index (κ3) is 4.31. The Morgan fingerprint density at radius 3 is 2.43 bits per heavy atom. The predicted molar refractivity (Wildman–Crippen MR) is 85.6 cm³/mol. The lowest BCUT2D eigenvalue weighted by molar-refractivity contribution is -0.149. The first-order valence-electron chi connectivity index (χ1n) is 8.37. The van der Waals surface area contributed by atoms with Gasteiger partial charge in [0.2, 0.25) is 5.91 Å². The lowest BCUT2D eigenvalue weighted by Crippen LogP contribution is -2.56. The molecule has 126 valence electrons. The van der Waals surface area contributed by atoms with Gasteiger partial charge < -0.3 is 10.4 Å². The van der Waals surface area contributed by atoms with E-state index in [9.17, 15) is 14.7 Å². The van der Waals surface area contributed by atoms with E-state index in [0.717, 1.165) is 19.3 Å². The van der Waals surface area contributed by atoms with Crippen molar-refractivity contribution in [3.8, 4) is 12.3 Å². The van der Waals surface area contributed by atoms with E-state index in [1.807, 2.05) is 0 Å². The van der Waals surface area contributed by atoms with Crippen LogP contribution in [0.2, 0.25) is 0 Å². The van der Waals surface area contributed by atoms with E-state index in [0.29, 0.717) is 38.0 Å². The van der Waals surface area contributed by atoms with Gasteiger partial charge in [0.25, 0.3) is 0 Å². The third-order valence-electron chi connectivity index (χ3n) is 5.13. The zero-order valence-corrected chi connectivity index (χ0v) is 13.7. The van der Waals surface area contributed by atoms with Crippen molar-refractivity contribution >= 4 is 11.9 Å². The van der Waals surface area contributed by atoms with Gasteiger partial charge in [-0.05, 0) is 31.6 Å². The van der Waals surface area contributed by atoms with Crippen LogP contribution < -0.4 is 5.32 Å². The molecule has 0 atom stereocenters. The van der Waals surface area contributed by atoms with Gasteiger partial charge in [0.1, 0.15) is 5.54 Å². The molecule has 0 radical (unpaired) electrons. The van der Waals surface area contributed by atoms with Gasteiger partial charge in [0.15, 0.2) is 5.66 Å². The van der Waals surface area contributed by atoms with Crippen LogP contribution in [-0.4, -0.2) is 28.2 Å². The first-order chi connectivity index (χ1) is 11.0. The number of terminal acetylenes is 1. The lowest BCUT2D eigenvalue weighted by atomic mass is 9.75. The van der Waals surface area contributed by atoms with Gasteiger partial charge in [-0.2, -0.15) is 10.2 Å². The van der Waals surface area contributed by atoms with Crippen molar-refractivity contribution in [1.29, 1.82) is 0 Å². The highest BCUT2D eigenvalue weighted by molar-refractivity contribution is 5.87. The SMILES string of the molecule is C#CCCC1(CCC(=O)NC2(C(=O)O)CCC(CC)CC2)N=N1. The van der Waals surface area contributed by atoms with Crippen LogP contribution in [0.15, 0.2) is 10.2 Å². The molecule has 1 fully saturated rings. The van der Waals surface area contributed by atoms with Crippen molar-refractivity contribution in [2.24, 2.45) is 16.1 Å². The fraction of sp³-hybridized carbons (Fsp3) is 0.765. The quantitative estimate of drug-likeness (QED) is 0.674. The van der Waals surface area contributed by atoms with Crippen LogP contribution in [0.25, 0.3) is 0 Å². The monoisotopic (exact) mass is 319 g/mol. The number of carbonyl (C=O) groups is 2. The standard InChI is InChI=1S/C17H25N3O3/c1-3-5-9-17(19-20-17)12-8-14(21)18-16(15(22)23)10-6-13(4-2)7-11-16/h1,13H,4-12H2,2H3,(H,18,21)(H,22,23). The number of aliphatic carboxylic acids is 1. The Morgan fingerprint density at radius 2 is 1.96 bits per heavy atom. The Balaban J connectivity index is 1.85. The van der Waals surface area contributed by atoms with Crippen LogP contribution in [0.1, 0.15) is 64.7 Å². The normalized spacial score (nSPS) is 27.9. The molecule has 1 heterocycles. The molecule has 2 aliphatic rings. The molecule has 2 N–H and O–H groups in total. The highest BCUT2D eigenvalue weighted by Crippen LogP contribution is 2.38. The number of rotatable bonds is 8. The number of hydrogen-bond donors (Lipinski definition) is 2. The lowest BCUT2D eigenvalue weighted by Gasteiger charge is -2.37. The molecule has 1 saturated carbocycles. The molecule has 0 bridgehead atoms. The largest absolute Gasteiger partial charge is 0.480 e. The van der Waals surface area contributed by atoms with Crippen LogP contribution in [0.4, 0.5) is 0 Å². The molecular formula is C17H25N3O3.